The lowest BCUT2D eigenvalue weighted by atomic mass is 9.85. The molecule has 0 bridgehead atoms. The van der Waals surface area contributed by atoms with Gasteiger partial charge in [-0.25, -0.2) is 0 Å². The predicted molar refractivity (Wildman–Crippen MR) is 87.8 cm³/mol. The van der Waals surface area contributed by atoms with Gasteiger partial charge >= 0.3 is 0 Å². The third-order valence-corrected chi connectivity index (χ3v) is 3.50. The van der Waals surface area contributed by atoms with E-state index in [1.165, 1.54) is 24.0 Å². The maximum Gasteiger partial charge on any atom is 0.123 e. The molecular formula is C18H31NO. The summed E-state index contributed by atoms with van der Waals surface area (Å²) >= 11 is 0. The van der Waals surface area contributed by atoms with Crippen molar-refractivity contribution < 1.29 is 4.74 Å². The summed E-state index contributed by atoms with van der Waals surface area (Å²) in [4.78, 5) is 0. The van der Waals surface area contributed by atoms with Gasteiger partial charge in [-0.15, -0.1) is 0 Å². The maximum absolute atomic E-state index is 5.98. The molecule has 0 heterocycles. The molecule has 114 valence electrons. The topological polar surface area (TPSA) is 21.3 Å². The zero-order chi connectivity index (χ0) is 15.0. The van der Waals surface area contributed by atoms with E-state index in [1.54, 1.807) is 0 Å². The first-order chi connectivity index (χ1) is 9.49. The predicted octanol–water partition coefficient (Wildman–Crippen LogP) is 4.32. The van der Waals surface area contributed by atoms with E-state index in [0.717, 1.165) is 31.9 Å². The van der Waals surface area contributed by atoms with E-state index in [9.17, 15) is 0 Å². The van der Waals surface area contributed by atoms with E-state index in [2.05, 4.69) is 58.1 Å². The minimum absolute atomic E-state index is 0.121. The molecular weight excluding hydrogens is 246 g/mol. The molecule has 20 heavy (non-hydrogen) atoms. The Morgan fingerprint density at radius 3 is 2.45 bits per heavy atom. The minimum Gasteiger partial charge on any atom is -0.492 e. The summed E-state index contributed by atoms with van der Waals surface area (Å²) in [5.41, 5.74) is 2.81. The highest BCUT2D eigenvalue weighted by atomic mass is 16.5. The first-order valence-corrected chi connectivity index (χ1v) is 7.96. The maximum atomic E-state index is 5.98. The van der Waals surface area contributed by atoms with E-state index in [0.29, 0.717) is 0 Å². The quantitative estimate of drug-likeness (QED) is 0.715. The summed E-state index contributed by atoms with van der Waals surface area (Å²) in [6.45, 7) is 13.9. The van der Waals surface area contributed by atoms with Crippen molar-refractivity contribution in [2.45, 2.75) is 59.3 Å². The second-order valence-corrected chi connectivity index (χ2v) is 6.39. The van der Waals surface area contributed by atoms with Crippen LogP contribution in [0.1, 0.15) is 58.6 Å². The van der Waals surface area contributed by atoms with Crippen molar-refractivity contribution in [1.29, 1.82) is 0 Å². The molecule has 0 radical (unpaired) electrons. The molecule has 0 aliphatic heterocycles. The van der Waals surface area contributed by atoms with Gasteiger partial charge in [0.2, 0.25) is 0 Å². The fourth-order valence-electron chi connectivity index (χ4n) is 2.17. The monoisotopic (exact) mass is 277 g/mol. The molecule has 1 aromatic carbocycles. The van der Waals surface area contributed by atoms with E-state index in [4.69, 9.17) is 4.74 Å². The molecule has 2 nitrogen and oxygen atoms in total. The summed E-state index contributed by atoms with van der Waals surface area (Å²) in [5, 5.41) is 3.41. The Balaban J connectivity index is 2.60. The second kappa shape index (κ2) is 8.31. The molecule has 0 amide bonds. The van der Waals surface area contributed by atoms with Crippen LogP contribution in [-0.2, 0) is 11.8 Å². The molecule has 0 fully saturated rings. The molecule has 0 spiro atoms. The molecule has 1 aromatic rings. The third kappa shape index (κ3) is 5.54. The number of nitrogens with one attached hydrogen (secondary N) is 1. The van der Waals surface area contributed by atoms with Gasteiger partial charge in [-0.1, -0.05) is 53.2 Å². The molecule has 0 atom stereocenters. The van der Waals surface area contributed by atoms with Crippen molar-refractivity contribution in [2.24, 2.45) is 0 Å². The zero-order valence-electron chi connectivity index (χ0n) is 13.9. The Kier molecular flexibility index (Phi) is 7.08. The van der Waals surface area contributed by atoms with Gasteiger partial charge in [-0.2, -0.15) is 0 Å². The first-order valence-electron chi connectivity index (χ1n) is 7.96. The fraction of sp³-hybridized carbons (Fsp3) is 0.667. The van der Waals surface area contributed by atoms with Crippen LogP contribution in [0.4, 0.5) is 0 Å². The van der Waals surface area contributed by atoms with E-state index in [1.807, 2.05) is 0 Å². The van der Waals surface area contributed by atoms with Crippen LogP contribution < -0.4 is 10.1 Å². The summed E-state index contributed by atoms with van der Waals surface area (Å²) in [6, 6.07) is 6.60. The van der Waals surface area contributed by atoms with Crippen molar-refractivity contribution >= 4 is 0 Å². The van der Waals surface area contributed by atoms with Crippen LogP contribution in [0.25, 0.3) is 0 Å². The van der Waals surface area contributed by atoms with Crippen molar-refractivity contribution in [3.05, 3.63) is 29.3 Å². The molecule has 2 heteroatoms. The van der Waals surface area contributed by atoms with E-state index in [-0.39, 0.29) is 5.41 Å². The molecule has 0 saturated carbocycles. The summed E-state index contributed by atoms with van der Waals surface area (Å²) in [7, 11) is 0. The molecule has 0 saturated heterocycles. The molecule has 1 rings (SSSR count). The van der Waals surface area contributed by atoms with Gasteiger partial charge < -0.3 is 10.1 Å². The number of benzene rings is 1. The van der Waals surface area contributed by atoms with Crippen LogP contribution in [0.5, 0.6) is 5.75 Å². The van der Waals surface area contributed by atoms with Crippen LogP contribution in [-0.4, -0.2) is 19.7 Å². The molecule has 1 N–H and O–H groups in total. The average molecular weight is 277 g/mol. The van der Waals surface area contributed by atoms with Crippen molar-refractivity contribution in [1.82, 2.24) is 5.32 Å². The average Bonchev–Trinajstić information content (AvgIpc) is 2.41. The minimum atomic E-state index is 0.121. The lowest BCUT2D eigenvalue weighted by Gasteiger charge is -2.23. The number of rotatable bonds is 8. The standard InChI is InChI=1S/C18H31NO/c1-6-8-11-19-12-13-20-17-10-9-15(7-2)14-16(17)18(3,4)5/h9-10,14,19H,6-8,11-13H2,1-5H3. The highest BCUT2D eigenvalue weighted by Crippen LogP contribution is 2.32. The second-order valence-electron chi connectivity index (χ2n) is 6.39. The van der Waals surface area contributed by atoms with Gasteiger partial charge in [-0.05, 0) is 42.0 Å². The Morgan fingerprint density at radius 2 is 1.85 bits per heavy atom. The van der Waals surface area contributed by atoms with Crippen molar-refractivity contribution in [3.8, 4) is 5.75 Å². The van der Waals surface area contributed by atoms with Crippen LogP contribution in [0, 0.1) is 0 Å². The zero-order valence-corrected chi connectivity index (χ0v) is 13.9. The molecule has 0 aromatic heterocycles. The Hall–Kier alpha value is -1.02. The summed E-state index contributed by atoms with van der Waals surface area (Å²) in [6.07, 6.45) is 3.54. The SMILES string of the molecule is CCCCNCCOc1ccc(CC)cc1C(C)(C)C. The van der Waals surface area contributed by atoms with Gasteiger partial charge in [0.05, 0.1) is 0 Å². The first kappa shape index (κ1) is 17.0. The summed E-state index contributed by atoms with van der Waals surface area (Å²) < 4.78 is 5.98. The number of ether oxygens (including phenoxy) is 1. The van der Waals surface area contributed by atoms with Crippen LogP contribution in [0.2, 0.25) is 0 Å². The van der Waals surface area contributed by atoms with Crippen molar-refractivity contribution in [3.63, 3.8) is 0 Å². The number of aryl methyl sites for hydroxylation is 1. The highest BCUT2D eigenvalue weighted by Gasteiger charge is 2.19. The van der Waals surface area contributed by atoms with Gasteiger partial charge in [0, 0.05) is 6.54 Å². The fourth-order valence-corrected chi connectivity index (χ4v) is 2.17. The largest absolute Gasteiger partial charge is 0.492 e. The lowest BCUT2D eigenvalue weighted by Crippen LogP contribution is -2.23. The van der Waals surface area contributed by atoms with E-state index >= 15 is 0 Å². The van der Waals surface area contributed by atoms with Crippen LogP contribution in [0.15, 0.2) is 18.2 Å². The van der Waals surface area contributed by atoms with Gasteiger partial charge in [0.25, 0.3) is 0 Å². The smallest absolute Gasteiger partial charge is 0.123 e. The Bertz CT molecular complexity index is 393. The van der Waals surface area contributed by atoms with E-state index < -0.39 is 0 Å². The number of hydrogen-bond donors (Lipinski definition) is 1. The molecule has 0 aliphatic rings. The van der Waals surface area contributed by atoms with Gasteiger partial charge in [0.1, 0.15) is 12.4 Å². The van der Waals surface area contributed by atoms with Crippen LogP contribution >= 0.6 is 0 Å². The van der Waals surface area contributed by atoms with Crippen LogP contribution in [0.3, 0.4) is 0 Å². The Labute approximate surface area is 124 Å². The highest BCUT2D eigenvalue weighted by molar-refractivity contribution is 5.41. The Morgan fingerprint density at radius 1 is 1.10 bits per heavy atom. The number of unbranched alkanes of at least 4 members (excludes halogenated alkanes) is 1. The summed E-state index contributed by atoms with van der Waals surface area (Å²) in [5.74, 6) is 1.03. The molecule has 0 unspecified atom stereocenters. The lowest BCUT2D eigenvalue weighted by molar-refractivity contribution is 0.305. The van der Waals surface area contributed by atoms with Crippen molar-refractivity contribution in [2.75, 3.05) is 19.7 Å². The third-order valence-electron chi connectivity index (χ3n) is 3.50. The number of hydrogen-bond acceptors (Lipinski definition) is 2. The normalized spacial score (nSPS) is 11.7. The van der Waals surface area contributed by atoms with Gasteiger partial charge in [0.15, 0.2) is 0 Å². The molecule has 0 aliphatic carbocycles. The van der Waals surface area contributed by atoms with Gasteiger partial charge in [-0.3, -0.25) is 0 Å².